The molecule has 0 aromatic heterocycles. The van der Waals surface area contributed by atoms with Gasteiger partial charge in [0.05, 0.1) is 30.8 Å². The molecule has 0 radical (unpaired) electrons. The minimum Gasteiger partial charge on any atom is -0.346 e. The van der Waals surface area contributed by atoms with Crippen molar-refractivity contribution in [1.29, 1.82) is 0 Å². The Morgan fingerprint density at radius 1 is 0.880 bits per heavy atom. The smallest absolute Gasteiger partial charge is 0.325 e. The molecular weight excluding hydrogens is 396 g/mol. The molecule has 9 nitrogen and oxygen atoms in total. The van der Waals surface area contributed by atoms with Crippen molar-refractivity contribution in [3.05, 3.63) is 0 Å². The molecule has 0 amide bonds. The van der Waals surface area contributed by atoms with E-state index in [1.165, 1.54) is 0 Å². The number of rotatable bonds is 8. The van der Waals surface area contributed by atoms with Crippen LogP contribution in [0.4, 0.5) is 0 Å². The third-order valence-corrected chi connectivity index (χ3v) is 5.89. The van der Waals surface area contributed by atoms with Gasteiger partial charge in [-0.15, -0.1) is 0 Å². The van der Waals surface area contributed by atoms with E-state index in [4.69, 9.17) is 4.18 Å². The average molecular weight is 421 g/mol. The number of carbonyl (C=O) groups excluding carboxylic acids is 1. The van der Waals surface area contributed by atoms with Gasteiger partial charge in [0.15, 0.2) is 0 Å². The first-order valence-corrected chi connectivity index (χ1v) is 13.3. The lowest BCUT2D eigenvalue weighted by molar-refractivity contribution is -0.140. The van der Waals surface area contributed by atoms with E-state index >= 15 is 0 Å². The van der Waals surface area contributed by atoms with Crippen LogP contribution < -0.4 is 0 Å². The van der Waals surface area contributed by atoms with Gasteiger partial charge in [-0.1, -0.05) is 0 Å². The first-order valence-electron chi connectivity index (χ1n) is 7.60. The maximum atomic E-state index is 12.0. The summed E-state index contributed by atoms with van der Waals surface area (Å²) in [5.41, 5.74) is 0. The SMILES string of the molecule is CS(=O)(=O)CCC1CC(COS(C)(=O)=O)CC(C(=O)OS(C)(=O)=O)C1. The molecule has 3 unspecified atom stereocenters. The Morgan fingerprint density at radius 2 is 1.44 bits per heavy atom. The summed E-state index contributed by atoms with van der Waals surface area (Å²) in [4.78, 5) is 12.0. The molecule has 0 aliphatic heterocycles. The number of hydrogen-bond donors (Lipinski definition) is 0. The zero-order chi connectivity index (χ0) is 19.5. The predicted octanol–water partition coefficient (Wildman–Crippen LogP) is -0.0674. The summed E-state index contributed by atoms with van der Waals surface area (Å²) in [6.45, 7) is -0.142. The topological polar surface area (TPSA) is 138 Å². The first-order chi connectivity index (χ1) is 11.1. The molecule has 1 saturated carbocycles. The van der Waals surface area contributed by atoms with Gasteiger partial charge in [-0.2, -0.15) is 16.8 Å². The maximum absolute atomic E-state index is 12.0. The van der Waals surface area contributed by atoms with E-state index in [2.05, 4.69) is 4.18 Å². The molecule has 0 spiro atoms. The quantitative estimate of drug-likeness (QED) is 0.494. The summed E-state index contributed by atoms with van der Waals surface area (Å²) in [5.74, 6) is -2.21. The average Bonchev–Trinajstić information content (AvgIpc) is 2.39. The van der Waals surface area contributed by atoms with Crippen LogP contribution in [0.1, 0.15) is 25.7 Å². The van der Waals surface area contributed by atoms with Crippen molar-refractivity contribution in [2.24, 2.45) is 17.8 Å². The van der Waals surface area contributed by atoms with Crippen LogP contribution >= 0.6 is 0 Å². The normalized spacial score (nSPS) is 25.5. The van der Waals surface area contributed by atoms with Gasteiger partial charge in [-0.05, 0) is 37.5 Å². The summed E-state index contributed by atoms with van der Waals surface area (Å²) in [6, 6.07) is 0. The molecule has 3 atom stereocenters. The van der Waals surface area contributed by atoms with Crippen LogP contribution in [0, 0.1) is 17.8 Å². The third-order valence-electron chi connectivity index (χ3n) is 3.88. The lowest BCUT2D eigenvalue weighted by atomic mass is 9.74. The van der Waals surface area contributed by atoms with Gasteiger partial charge >= 0.3 is 16.1 Å². The Morgan fingerprint density at radius 3 is 1.92 bits per heavy atom. The summed E-state index contributed by atoms with van der Waals surface area (Å²) >= 11 is 0. The molecule has 0 heterocycles. The van der Waals surface area contributed by atoms with Crippen LogP contribution in [-0.2, 0) is 43.2 Å². The Bertz CT molecular complexity index is 737. The maximum Gasteiger partial charge on any atom is 0.325 e. The molecule has 0 saturated heterocycles. The van der Waals surface area contributed by atoms with E-state index < -0.39 is 42.0 Å². The largest absolute Gasteiger partial charge is 0.346 e. The van der Waals surface area contributed by atoms with E-state index in [-0.39, 0.29) is 30.6 Å². The van der Waals surface area contributed by atoms with Crippen molar-refractivity contribution in [3.8, 4) is 0 Å². The summed E-state index contributed by atoms with van der Waals surface area (Å²) in [7, 11) is -10.8. The van der Waals surface area contributed by atoms with Crippen LogP contribution in [-0.4, -0.2) is 62.3 Å². The molecule has 0 bridgehead atoms. The van der Waals surface area contributed by atoms with Crippen molar-refractivity contribution in [2.75, 3.05) is 31.1 Å². The van der Waals surface area contributed by atoms with E-state index in [9.17, 15) is 30.0 Å². The van der Waals surface area contributed by atoms with E-state index in [1.807, 2.05) is 0 Å². The summed E-state index contributed by atoms with van der Waals surface area (Å²) in [5, 5.41) is 0. The number of hydrogen-bond acceptors (Lipinski definition) is 9. The molecule has 0 aromatic rings. The Labute approximate surface area is 149 Å². The second-order valence-corrected chi connectivity index (χ2v) is 12.1. The molecule has 1 rings (SSSR count). The minimum atomic E-state index is -3.95. The van der Waals surface area contributed by atoms with Gasteiger partial charge < -0.3 is 4.18 Å². The fourth-order valence-electron chi connectivity index (χ4n) is 2.95. The molecular formula is C13H24O9S3. The molecule has 148 valence electrons. The van der Waals surface area contributed by atoms with Crippen molar-refractivity contribution in [1.82, 2.24) is 0 Å². The second-order valence-electron chi connectivity index (χ2n) is 6.65. The molecule has 1 aliphatic rings. The van der Waals surface area contributed by atoms with Crippen LogP contribution in [0.5, 0.6) is 0 Å². The highest BCUT2D eigenvalue weighted by Crippen LogP contribution is 2.36. The predicted molar refractivity (Wildman–Crippen MR) is 90.4 cm³/mol. The van der Waals surface area contributed by atoms with Crippen LogP contribution in [0.2, 0.25) is 0 Å². The van der Waals surface area contributed by atoms with Crippen LogP contribution in [0.3, 0.4) is 0 Å². The van der Waals surface area contributed by atoms with Gasteiger partial charge in [0, 0.05) is 6.26 Å². The van der Waals surface area contributed by atoms with Gasteiger partial charge in [0.2, 0.25) is 0 Å². The fourth-order valence-corrected chi connectivity index (χ4v) is 4.58. The lowest BCUT2D eigenvalue weighted by Crippen LogP contribution is -2.33. The van der Waals surface area contributed by atoms with Crippen molar-refractivity contribution in [2.45, 2.75) is 25.7 Å². The van der Waals surface area contributed by atoms with E-state index in [0.29, 0.717) is 19.3 Å². The van der Waals surface area contributed by atoms with E-state index in [1.54, 1.807) is 0 Å². The zero-order valence-corrected chi connectivity index (χ0v) is 16.8. The number of carbonyl (C=O) groups is 1. The second kappa shape index (κ2) is 8.31. The highest BCUT2D eigenvalue weighted by atomic mass is 32.2. The first kappa shape index (κ1) is 22.3. The summed E-state index contributed by atoms with van der Waals surface area (Å²) < 4.78 is 76.4. The van der Waals surface area contributed by atoms with Crippen molar-refractivity contribution in [3.63, 3.8) is 0 Å². The Balaban J connectivity index is 2.83. The summed E-state index contributed by atoms with van der Waals surface area (Å²) in [6.07, 6.45) is 4.09. The van der Waals surface area contributed by atoms with Crippen LogP contribution in [0.25, 0.3) is 0 Å². The van der Waals surface area contributed by atoms with Crippen LogP contribution in [0.15, 0.2) is 0 Å². The zero-order valence-electron chi connectivity index (χ0n) is 14.4. The lowest BCUT2D eigenvalue weighted by Gasteiger charge is -2.33. The van der Waals surface area contributed by atoms with Crippen molar-refractivity contribution >= 4 is 36.0 Å². The minimum absolute atomic E-state index is 0.0643. The standard InChI is InChI=1S/C13H24O9S3/c1-23(15,16)5-4-10-6-11(9-21-24(2,17)18)8-12(7-10)13(14)22-25(3,19)20/h10-12H,4-9H2,1-3H3. The highest BCUT2D eigenvalue weighted by molar-refractivity contribution is 7.90. The molecule has 1 fully saturated rings. The fraction of sp³-hybridized carbons (Fsp3) is 0.923. The van der Waals surface area contributed by atoms with Gasteiger partial charge in [-0.3, -0.25) is 8.98 Å². The molecule has 25 heavy (non-hydrogen) atoms. The molecule has 0 aromatic carbocycles. The molecule has 0 N–H and O–H groups in total. The van der Waals surface area contributed by atoms with Gasteiger partial charge in [0.1, 0.15) is 9.84 Å². The molecule has 12 heteroatoms. The number of sulfone groups is 1. The van der Waals surface area contributed by atoms with E-state index in [0.717, 1.165) is 18.8 Å². The Kier molecular flexibility index (Phi) is 7.42. The third kappa shape index (κ3) is 10.1. The Hall–Kier alpha value is -0.720. The highest BCUT2D eigenvalue weighted by Gasteiger charge is 2.35. The van der Waals surface area contributed by atoms with Gasteiger partial charge in [-0.25, -0.2) is 8.42 Å². The van der Waals surface area contributed by atoms with Gasteiger partial charge in [0.25, 0.3) is 10.1 Å². The monoisotopic (exact) mass is 420 g/mol. The van der Waals surface area contributed by atoms with Crippen molar-refractivity contribution < 1.29 is 38.4 Å². The molecule has 1 aliphatic carbocycles.